The van der Waals surface area contributed by atoms with Gasteiger partial charge in [0.25, 0.3) is 0 Å². The second-order valence-electron chi connectivity index (χ2n) is 3.28. The van der Waals surface area contributed by atoms with Gasteiger partial charge in [0.1, 0.15) is 0 Å². The van der Waals surface area contributed by atoms with Crippen LogP contribution in [0.1, 0.15) is 26.2 Å². The molecule has 0 radical (unpaired) electrons. The highest BCUT2D eigenvalue weighted by atomic mass is 35.5. The summed E-state index contributed by atoms with van der Waals surface area (Å²) in [4.78, 5) is 0. The Morgan fingerprint density at radius 3 is 2.50 bits per heavy atom. The van der Waals surface area contributed by atoms with E-state index in [0.29, 0.717) is 5.92 Å². The fraction of sp³-hybridized carbons (Fsp3) is 1.00. The van der Waals surface area contributed by atoms with Crippen LogP contribution in [0, 0.1) is 5.92 Å². The molecule has 62 valence electrons. The van der Waals surface area contributed by atoms with Crippen molar-refractivity contribution in [3.8, 4) is 0 Å². The molecule has 0 spiro atoms. The molecule has 1 fully saturated rings. The summed E-state index contributed by atoms with van der Waals surface area (Å²) in [5.74, 6) is 0.345. The molecule has 0 aromatic rings. The van der Waals surface area contributed by atoms with Gasteiger partial charge in [-0.25, -0.2) is 0 Å². The van der Waals surface area contributed by atoms with E-state index >= 15 is 0 Å². The quantitative estimate of drug-likeness (QED) is 0.607. The van der Waals surface area contributed by atoms with Crippen LogP contribution in [0.5, 0.6) is 0 Å². The monoisotopic (exact) mass is 165 g/mol. The zero-order chi connectivity index (χ0) is 6.91. The van der Waals surface area contributed by atoms with Crippen LogP contribution in [0.25, 0.3) is 0 Å². The smallest absolute Gasteiger partial charge is 0.0476 e. The predicted molar refractivity (Wildman–Crippen MR) is 44.3 cm³/mol. The third kappa shape index (κ3) is 1.84. The van der Waals surface area contributed by atoms with Crippen molar-refractivity contribution in [1.82, 2.24) is 0 Å². The summed E-state index contributed by atoms with van der Waals surface area (Å²) in [6.45, 7) is 2.29. The molecular weight excluding hydrogens is 150 g/mol. The molecule has 0 heterocycles. The maximum atomic E-state index is 8.82. The molecule has 0 bridgehead atoms. The number of aliphatic hydroxyl groups excluding tert-OH is 1. The molecule has 2 atom stereocenters. The molecule has 0 aliphatic heterocycles. The molecule has 1 unspecified atom stereocenters. The van der Waals surface area contributed by atoms with Crippen molar-refractivity contribution in [2.24, 2.45) is 11.7 Å². The third-order valence-electron chi connectivity index (χ3n) is 2.42. The van der Waals surface area contributed by atoms with E-state index in [9.17, 15) is 0 Å². The van der Waals surface area contributed by atoms with Crippen LogP contribution in [0.2, 0.25) is 0 Å². The van der Waals surface area contributed by atoms with Crippen LogP contribution in [-0.2, 0) is 0 Å². The van der Waals surface area contributed by atoms with Crippen molar-refractivity contribution < 1.29 is 5.11 Å². The molecule has 3 N–H and O–H groups in total. The Labute approximate surface area is 68.2 Å². The Morgan fingerprint density at radius 1 is 1.70 bits per heavy atom. The highest BCUT2D eigenvalue weighted by Gasteiger charge is 2.34. The van der Waals surface area contributed by atoms with Gasteiger partial charge in [-0.3, -0.25) is 0 Å². The van der Waals surface area contributed by atoms with Crippen LogP contribution in [0.15, 0.2) is 0 Å². The highest BCUT2D eigenvalue weighted by Crippen LogP contribution is 2.32. The first kappa shape index (κ1) is 10.2. The van der Waals surface area contributed by atoms with E-state index in [1.807, 2.05) is 6.92 Å². The number of aliphatic hydroxyl groups is 1. The second-order valence-corrected chi connectivity index (χ2v) is 3.28. The van der Waals surface area contributed by atoms with Crippen molar-refractivity contribution >= 4 is 12.4 Å². The SMILES string of the molecule is C[C@]1(N)CCCC1CO.Cl. The Kier molecular flexibility index (Phi) is 3.63. The largest absolute Gasteiger partial charge is 0.396 e. The van der Waals surface area contributed by atoms with Crippen LogP contribution in [0.4, 0.5) is 0 Å². The van der Waals surface area contributed by atoms with E-state index in [1.54, 1.807) is 0 Å². The van der Waals surface area contributed by atoms with Gasteiger partial charge in [-0.1, -0.05) is 6.42 Å². The first-order valence-corrected chi connectivity index (χ1v) is 3.56. The van der Waals surface area contributed by atoms with Gasteiger partial charge < -0.3 is 10.8 Å². The van der Waals surface area contributed by atoms with Crippen molar-refractivity contribution in [3.63, 3.8) is 0 Å². The van der Waals surface area contributed by atoms with Crippen LogP contribution >= 0.6 is 12.4 Å². The molecule has 1 saturated carbocycles. The molecule has 0 saturated heterocycles. The molecule has 3 heteroatoms. The molecule has 10 heavy (non-hydrogen) atoms. The van der Waals surface area contributed by atoms with Crippen LogP contribution in [-0.4, -0.2) is 17.3 Å². The van der Waals surface area contributed by atoms with Gasteiger partial charge in [0, 0.05) is 12.1 Å². The van der Waals surface area contributed by atoms with E-state index in [1.165, 1.54) is 6.42 Å². The third-order valence-corrected chi connectivity index (χ3v) is 2.42. The second kappa shape index (κ2) is 3.56. The summed E-state index contributed by atoms with van der Waals surface area (Å²) in [6.07, 6.45) is 3.35. The summed E-state index contributed by atoms with van der Waals surface area (Å²) in [5, 5.41) is 8.82. The number of hydrogen-bond donors (Lipinski definition) is 2. The van der Waals surface area contributed by atoms with Gasteiger partial charge in [-0.05, 0) is 25.7 Å². The highest BCUT2D eigenvalue weighted by molar-refractivity contribution is 5.85. The first-order valence-electron chi connectivity index (χ1n) is 3.56. The molecule has 0 aromatic carbocycles. The maximum absolute atomic E-state index is 8.82. The summed E-state index contributed by atoms with van der Waals surface area (Å²) in [7, 11) is 0. The zero-order valence-corrected chi connectivity index (χ0v) is 7.16. The Balaban J connectivity index is 0.000000810. The van der Waals surface area contributed by atoms with Gasteiger partial charge in [0.15, 0.2) is 0 Å². The number of halogens is 1. The van der Waals surface area contributed by atoms with Crippen LogP contribution in [0.3, 0.4) is 0 Å². The van der Waals surface area contributed by atoms with Crippen LogP contribution < -0.4 is 5.73 Å². The van der Waals surface area contributed by atoms with Gasteiger partial charge in [-0.15, -0.1) is 12.4 Å². The summed E-state index contributed by atoms with van der Waals surface area (Å²) >= 11 is 0. The fourth-order valence-electron chi connectivity index (χ4n) is 1.56. The van der Waals surface area contributed by atoms with Crippen molar-refractivity contribution in [2.45, 2.75) is 31.7 Å². The summed E-state index contributed by atoms with van der Waals surface area (Å²) in [5.41, 5.74) is 5.78. The van der Waals surface area contributed by atoms with Crippen molar-refractivity contribution in [1.29, 1.82) is 0 Å². The van der Waals surface area contributed by atoms with Gasteiger partial charge >= 0.3 is 0 Å². The average molecular weight is 166 g/mol. The minimum Gasteiger partial charge on any atom is -0.396 e. The zero-order valence-electron chi connectivity index (χ0n) is 6.34. The lowest BCUT2D eigenvalue weighted by molar-refractivity contribution is 0.183. The lowest BCUT2D eigenvalue weighted by Crippen LogP contribution is -2.41. The molecule has 0 aromatic heterocycles. The molecule has 2 nitrogen and oxygen atoms in total. The minimum absolute atomic E-state index is 0. The molecule has 1 rings (SSSR count). The predicted octanol–water partition coefficient (Wildman–Crippen LogP) is 0.918. The van der Waals surface area contributed by atoms with E-state index in [0.717, 1.165) is 12.8 Å². The van der Waals surface area contributed by atoms with Crippen molar-refractivity contribution in [2.75, 3.05) is 6.61 Å². The van der Waals surface area contributed by atoms with Gasteiger partial charge in [0.05, 0.1) is 0 Å². The Hall–Kier alpha value is 0.210. The summed E-state index contributed by atoms with van der Waals surface area (Å²) in [6, 6.07) is 0. The number of hydrogen-bond acceptors (Lipinski definition) is 2. The van der Waals surface area contributed by atoms with E-state index < -0.39 is 0 Å². The van der Waals surface area contributed by atoms with Crippen molar-refractivity contribution in [3.05, 3.63) is 0 Å². The Bertz CT molecular complexity index is 106. The van der Waals surface area contributed by atoms with E-state index in [-0.39, 0.29) is 24.6 Å². The van der Waals surface area contributed by atoms with Gasteiger partial charge in [-0.2, -0.15) is 0 Å². The standard InChI is InChI=1S/C7H15NO.ClH/c1-7(8)4-2-3-6(7)5-9;/h6,9H,2-5,8H2,1H3;1H/t6?,7-;/m0./s1. The Morgan fingerprint density at radius 2 is 2.30 bits per heavy atom. The molecular formula is C7H16ClNO. The average Bonchev–Trinajstić information content (AvgIpc) is 2.08. The lowest BCUT2D eigenvalue weighted by atomic mass is 9.91. The van der Waals surface area contributed by atoms with E-state index in [4.69, 9.17) is 10.8 Å². The maximum Gasteiger partial charge on any atom is 0.0476 e. The first-order chi connectivity index (χ1) is 4.17. The molecule has 1 aliphatic carbocycles. The topological polar surface area (TPSA) is 46.2 Å². The normalized spacial score (nSPS) is 39.3. The number of rotatable bonds is 1. The van der Waals surface area contributed by atoms with Gasteiger partial charge in [0.2, 0.25) is 0 Å². The molecule has 1 aliphatic rings. The lowest BCUT2D eigenvalue weighted by Gasteiger charge is -2.24. The number of nitrogens with two attached hydrogens (primary N) is 1. The summed E-state index contributed by atoms with van der Waals surface area (Å²) < 4.78 is 0. The van der Waals surface area contributed by atoms with E-state index in [2.05, 4.69) is 0 Å². The molecule has 0 amide bonds. The fourth-order valence-corrected chi connectivity index (χ4v) is 1.56. The minimum atomic E-state index is -0.0885.